The number of carbonyl (C=O) groups excluding carboxylic acids is 1. The number of carboxylic acid groups (broad SMARTS) is 1. The van der Waals surface area contributed by atoms with Gasteiger partial charge in [-0.25, -0.2) is 4.79 Å². The van der Waals surface area contributed by atoms with E-state index in [9.17, 15) is 9.59 Å². The Morgan fingerprint density at radius 3 is 2.78 bits per heavy atom. The monoisotopic (exact) mass is 468 g/mol. The molecule has 174 valence electrons. The Morgan fingerprint density at radius 1 is 1.38 bits per heavy atom. The van der Waals surface area contributed by atoms with Crippen molar-refractivity contribution in [2.24, 2.45) is 11.8 Å². The number of aromatic nitrogens is 2. The van der Waals surface area contributed by atoms with E-state index in [2.05, 4.69) is 26.1 Å². The maximum atomic E-state index is 15.0. The lowest BCUT2D eigenvalue weighted by atomic mass is 9.92. The Morgan fingerprint density at radius 2 is 2.12 bits per heavy atom. The molecule has 2 aromatic rings. The molecule has 2 heterocycles. The van der Waals surface area contributed by atoms with E-state index in [1.807, 2.05) is 0 Å². The zero-order valence-corrected chi connectivity index (χ0v) is 18.4. The fourth-order valence-electron chi connectivity index (χ4n) is 3.82. The van der Waals surface area contributed by atoms with Crippen LogP contribution < -0.4 is 21.1 Å². The van der Waals surface area contributed by atoms with E-state index >= 15 is 4.39 Å². The van der Waals surface area contributed by atoms with Crippen LogP contribution in [0.25, 0.3) is 0 Å². The summed E-state index contributed by atoms with van der Waals surface area (Å²) < 4.78 is 20.3. The molecule has 1 fully saturated rings. The fourth-order valence-corrected chi connectivity index (χ4v) is 3.99. The van der Waals surface area contributed by atoms with E-state index in [1.54, 1.807) is 19.2 Å². The maximum absolute atomic E-state index is 15.0. The number of hydrogen-bond donors (Lipinski definition) is 4. The molecule has 10 nitrogen and oxygen atoms in total. The Kier molecular flexibility index (Phi) is 8.09. The molecule has 2 amide bonds. The molecule has 4 N–H and O–H groups in total. The number of nitrogens with zero attached hydrogens (tertiary/aromatic N) is 3. The number of anilines is 2. The first-order chi connectivity index (χ1) is 15.3. The first kappa shape index (κ1) is 23.6. The van der Waals surface area contributed by atoms with Gasteiger partial charge in [-0.15, -0.1) is 0 Å². The van der Waals surface area contributed by atoms with Gasteiger partial charge in [0.05, 0.1) is 18.7 Å². The molecule has 0 saturated heterocycles. The van der Waals surface area contributed by atoms with Gasteiger partial charge in [-0.05, 0) is 36.1 Å². The Balaban J connectivity index is 1.67. The summed E-state index contributed by atoms with van der Waals surface area (Å²) in [5, 5.41) is 11.0. The number of hydrogen-bond acceptors (Lipinski definition) is 7. The largest absolute Gasteiger partial charge is 0.467 e. The van der Waals surface area contributed by atoms with Crippen LogP contribution in [0.15, 0.2) is 22.8 Å². The Bertz CT molecular complexity index is 923. The second kappa shape index (κ2) is 11.0. The van der Waals surface area contributed by atoms with Gasteiger partial charge in [-0.2, -0.15) is 14.4 Å². The number of carbonyl (C=O) groups is 2. The van der Waals surface area contributed by atoms with Gasteiger partial charge >= 0.3 is 6.09 Å². The molecule has 0 spiro atoms. The number of nitrogens with one attached hydrogen (secondary N) is 3. The van der Waals surface area contributed by atoms with Gasteiger partial charge in [-0.1, -0.05) is 25.7 Å². The van der Waals surface area contributed by atoms with Crippen LogP contribution >= 0.6 is 11.6 Å². The van der Waals surface area contributed by atoms with E-state index in [0.29, 0.717) is 18.1 Å². The van der Waals surface area contributed by atoms with E-state index in [0.717, 1.165) is 25.7 Å². The van der Waals surface area contributed by atoms with Gasteiger partial charge in [0.25, 0.3) is 0 Å². The van der Waals surface area contributed by atoms with Gasteiger partial charge in [0, 0.05) is 13.6 Å². The minimum absolute atomic E-state index is 0.0382. The average molecular weight is 469 g/mol. The van der Waals surface area contributed by atoms with Crippen molar-refractivity contribution in [1.29, 1.82) is 0 Å². The third-order valence-corrected chi connectivity index (χ3v) is 5.58. The zero-order chi connectivity index (χ0) is 23.1. The lowest BCUT2D eigenvalue weighted by molar-refractivity contribution is -0.124. The third kappa shape index (κ3) is 6.46. The highest BCUT2D eigenvalue weighted by molar-refractivity contribution is 6.28. The molecule has 0 bridgehead atoms. The normalized spacial score (nSPS) is 14.7. The van der Waals surface area contributed by atoms with Crippen molar-refractivity contribution < 1.29 is 23.5 Å². The third-order valence-electron chi connectivity index (χ3n) is 5.41. The summed E-state index contributed by atoms with van der Waals surface area (Å²) in [4.78, 5) is 32.8. The van der Waals surface area contributed by atoms with E-state index < -0.39 is 23.7 Å². The lowest BCUT2D eigenvalue weighted by Crippen LogP contribution is -2.42. The Labute approximate surface area is 189 Å². The van der Waals surface area contributed by atoms with Crippen molar-refractivity contribution in [2.75, 3.05) is 23.9 Å². The molecule has 3 rings (SSSR count). The molecule has 1 atom stereocenters. The van der Waals surface area contributed by atoms with Crippen LogP contribution in [0, 0.1) is 17.7 Å². The van der Waals surface area contributed by atoms with E-state index in [-0.39, 0.29) is 30.0 Å². The molecular formula is C20H26ClFN6O4. The zero-order valence-electron chi connectivity index (χ0n) is 17.6. The van der Waals surface area contributed by atoms with Crippen LogP contribution in [-0.2, 0) is 11.3 Å². The molecule has 1 saturated carbocycles. The summed E-state index contributed by atoms with van der Waals surface area (Å²) in [7, 11) is 1.61. The predicted octanol–water partition coefficient (Wildman–Crippen LogP) is 3.41. The summed E-state index contributed by atoms with van der Waals surface area (Å²) >= 11 is 5.96. The molecule has 32 heavy (non-hydrogen) atoms. The second-order valence-electron chi connectivity index (χ2n) is 7.80. The van der Waals surface area contributed by atoms with Gasteiger partial charge in [0.15, 0.2) is 11.6 Å². The number of hydrazine groups is 1. The summed E-state index contributed by atoms with van der Waals surface area (Å²) in [5.41, 5.74) is 4.89. The van der Waals surface area contributed by atoms with Gasteiger partial charge in [-0.3, -0.25) is 15.6 Å². The summed E-state index contributed by atoms with van der Waals surface area (Å²) in [5.74, 6) is -1.30. The molecule has 0 unspecified atom stereocenters. The van der Waals surface area contributed by atoms with Crippen molar-refractivity contribution >= 4 is 35.2 Å². The molecule has 0 aliphatic heterocycles. The highest BCUT2D eigenvalue weighted by Crippen LogP contribution is 2.30. The highest BCUT2D eigenvalue weighted by Gasteiger charge is 2.26. The van der Waals surface area contributed by atoms with Crippen molar-refractivity contribution in [3.8, 4) is 0 Å². The molecule has 0 aromatic carbocycles. The highest BCUT2D eigenvalue weighted by atomic mass is 35.5. The lowest BCUT2D eigenvalue weighted by Gasteiger charge is -2.21. The van der Waals surface area contributed by atoms with Crippen molar-refractivity contribution in [2.45, 2.75) is 38.6 Å². The fraction of sp³-hybridized carbons (Fsp3) is 0.500. The Hall–Kier alpha value is -3.08. The molecule has 0 radical (unpaired) electrons. The smallest absolute Gasteiger partial charge is 0.404 e. The predicted molar refractivity (Wildman–Crippen MR) is 116 cm³/mol. The minimum atomic E-state index is -1.21. The van der Waals surface area contributed by atoms with Crippen molar-refractivity contribution in [3.63, 3.8) is 0 Å². The quantitative estimate of drug-likeness (QED) is 0.308. The summed E-state index contributed by atoms with van der Waals surface area (Å²) in [6.45, 7) is 0.205. The number of rotatable bonds is 10. The average Bonchev–Trinajstić information content (AvgIpc) is 3.45. The van der Waals surface area contributed by atoms with Gasteiger partial charge in [0.2, 0.25) is 17.0 Å². The van der Waals surface area contributed by atoms with Crippen LogP contribution in [0.1, 0.15) is 37.9 Å². The maximum Gasteiger partial charge on any atom is 0.404 e. The van der Waals surface area contributed by atoms with Crippen LogP contribution in [0.2, 0.25) is 5.28 Å². The van der Waals surface area contributed by atoms with Crippen LogP contribution in [0.5, 0.6) is 0 Å². The number of halogens is 2. The van der Waals surface area contributed by atoms with Crippen LogP contribution in [-0.4, -0.2) is 40.7 Å². The van der Waals surface area contributed by atoms with Crippen LogP contribution in [0.3, 0.4) is 0 Å². The summed E-state index contributed by atoms with van der Waals surface area (Å²) in [6, 6.07) is 3.46. The second-order valence-corrected chi connectivity index (χ2v) is 8.14. The van der Waals surface area contributed by atoms with E-state index in [1.165, 1.54) is 11.2 Å². The van der Waals surface area contributed by atoms with E-state index in [4.69, 9.17) is 21.1 Å². The molecule has 1 aliphatic carbocycles. The van der Waals surface area contributed by atoms with Crippen LogP contribution in [0.4, 0.5) is 20.8 Å². The number of amides is 2. The first-order valence-corrected chi connectivity index (χ1v) is 10.7. The van der Waals surface area contributed by atoms with Gasteiger partial charge in [0.1, 0.15) is 5.76 Å². The minimum Gasteiger partial charge on any atom is -0.467 e. The molecular weight excluding hydrogens is 443 g/mol. The topological polar surface area (TPSA) is 133 Å². The van der Waals surface area contributed by atoms with Crippen molar-refractivity contribution in [3.05, 3.63) is 35.3 Å². The number of furan rings is 1. The molecule has 1 aliphatic rings. The van der Waals surface area contributed by atoms with Gasteiger partial charge < -0.3 is 19.7 Å². The molecule has 2 aromatic heterocycles. The summed E-state index contributed by atoms with van der Waals surface area (Å²) in [6.07, 6.45) is 5.05. The first-order valence-electron chi connectivity index (χ1n) is 10.3. The SMILES string of the molecule is CN(Cc1ccco1)c1nc(Cl)nc(NNC(=O)[C@@H](CNC(=O)O)CC2CCCC2)c1F. The van der Waals surface area contributed by atoms with Crippen molar-refractivity contribution in [1.82, 2.24) is 20.7 Å². The standard InChI is InChI=1S/C20H26ClFN6O4/c1-28(11-14-7-4-8-32-14)17-15(22)16(24-19(21)25-17)26-27-18(29)13(10-23-20(30)31)9-12-5-2-3-6-12/h4,7-8,12-13,23H,2-3,5-6,9-11H2,1H3,(H,27,29)(H,30,31)(H,24,25,26)/t13-/m1/s1. The molecule has 12 heteroatoms.